The molecular weight excluding hydrogens is 258 g/mol. The molecule has 0 N–H and O–H groups in total. The first-order valence-corrected chi connectivity index (χ1v) is 5.72. The monoisotopic (exact) mass is 266 g/mol. The molecule has 0 atom stereocenters. The van der Waals surface area contributed by atoms with Crippen molar-refractivity contribution >= 4 is 5.78 Å². The summed E-state index contributed by atoms with van der Waals surface area (Å²) in [6.07, 6.45) is 0. The molecule has 0 radical (unpaired) electrons. The van der Waals surface area contributed by atoms with Crippen molar-refractivity contribution in [2.45, 2.75) is 0 Å². The van der Waals surface area contributed by atoms with Gasteiger partial charge < -0.3 is 0 Å². The largest absolute Gasteiger partial charge is 0.279 e. The third-order valence-electron chi connectivity index (χ3n) is 2.29. The summed E-state index contributed by atoms with van der Waals surface area (Å²) in [7, 11) is 0. The van der Waals surface area contributed by atoms with Crippen molar-refractivity contribution in [2.75, 3.05) is 0 Å². The maximum Gasteiger partial charge on any atom is 0.279 e. The van der Waals surface area contributed by atoms with Crippen LogP contribution in [0.25, 0.3) is 0 Å². The van der Waals surface area contributed by atoms with E-state index in [9.17, 15) is 13.6 Å². The minimum absolute atomic E-state index is 0.394. The van der Waals surface area contributed by atoms with Gasteiger partial charge in [0.25, 0.3) is 5.78 Å². The van der Waals surface area contributed by atoms with Crippen molar-refractivity contribution < 1.29 is 13.6 Å². The minimum Gasteiger partial charge on any atom is -0.270 e. The fourth-order valence-electron chi connectivity index (χ4n) is 1.42. The first-order chi connectivity index (χ1) is 9.63. The average molecular weight is 266 g/mol. The normalized spacial score (nSPS) is 8.90. The second-order valence-corrected chi connectivity index (χ2v) is 3.85. The second kappa shape index (κ2) is 6.31. The van der Waals surface area contributed by atoms with Crippen molar-refractivity contribution in [3.05, 3.63) is 71.3 Å². The summed E-state index contributed by atoms with van der Waals surface area (Å²) in [6, 6.07) is 11.2. The van der Waals surface area contributed by atoms with E-state index < -0.39 is 17.4 Å². The van der Waals surface area contributed by atoms with Crippen LogP contribution in [0.15, 0.2) is 48.5 Å². The number of hydrogen-bond acceptors (Lipinski definition) is 1. The van der Waals surface area contributed by atoms with Crippen molar-refractivity contribution in [1.82, 2.24) is 0 Å². The number of ketones is 1. The Kier molecular flexibility index (Phi) is 4.27. The fourth-order valence-corrected chi connectivity index (χ4v) is 1.42. The standard InChI is InChI=1S/C17H8F2O/c18-15-5-1-3-13(11-15)7-9-17(20)10-8-14-4-2-6-16(19)12-14/h1-6,11-12H. The van der Waals surface area contributed by atoms with Crippen LogP contribution < -0.4 is 0 Å². The molecule has 0 unspecified atom stereocenters. The van der Waals surface area contributed by atoms with Gasteiger partial charge in [-0.05, 0) is 48.2 Å². The third-order valence-corrected chi connectivity index (χ3v) is 2.29. The highest BCUT2D eigenvalue weighted by Gasteiger charge is 1.93. The maximum atomic E-state index is 12.9. The molecule has 96 valence electrons. The lowest BCUT2D eigenvalue weighted by Crippen LogP contribution is -1.88. The second-order valence-electron chi connectivity index (χ2n) is 3.85. The van der Waals surface area contributed by atoms with E-state index in [0.29, 0.717) is 11.1 Å². The van der Waals surface area contributed by atoms with Gasteiger partial charge in [-0.1, -0.05) is 24.0 Å². The lowest BCUT2D eigenvalue weighted by Gasteiger charge is -1.89. The SMILES string of the molecule is O=C(C#Cc1cccc(F)c1)C#Cc1cccc(F)c1. The summed E-state index contributed by atoms with van der Waals surface area (Å²) >= 11 is 0. The molecule has 0 aliphatic carbocycles. The summed E-state index contributed by atoms with van der Waals surface area (Å²) < 4.78 is 25.8. The van der Waals surface area contributed by atoms with Crippen LogP contribution >= 0.6 is 0 Å². The van der Waals surface area contributed by atoms with Crippen LogP contribution in [0.3, 0.4) is 0 Å². The Balaban J connectivity index is 2.11. The van der Waals surface area contributed by atoms with Crippen LogP contribution in [0.4, 0.5) is 8.78 Å². The first kappa shape index (κ1) is 13.5. The van der Waals surface area contributed by atoms with Crippen molar-refractivity contribution in [3.63, 3.8) is 0 Å². The Hall–Kier alpha value is -2.91. The smallest absolute Gasteiger partial charge is 0.270 e. The number of rotatable bonds is 0. The third kappa shape index (κ3) is 4.08. The summed E-state index contributed by atoms with van der Waals surface area (Å²) in [5.41, 5.74) is 0.789. The molecule has 0 spiro atoms. The van der Waals surface area contributed by atoms with Gasteiger partial charge >= 0.3 is 0 Å². The molecule has 1 nitrogen and oxygen atoms in total. The number of carbonyl (C=O) groups excluding carboxylic acids is 1. The van der Waals surface area contributed by atoms with E-state index >= 15 is 0 Å². The van der Waals surface area contributed by atoms with Crippen LogP contribution in [0.2, 0.25) is 0 Å². The summed E-state index contributed by atoms with van der Waals surface area (Å²) in [5.74, 6) is 8.15. The van der Waals surface area contributed by atoms with E-state index in [1.807, 2.05) is 0 Å². The predicted molar refractivity (Wildman–Crippen MR) is 71.6 cm³/mol. The number of hydrogen-bond donors (Lipinski definition) is 0. The van der Waals surface area contributed by atoms with Crippen LogP contribution in [0.1, 0.15) is 11.1 Å². The van der Waals surface area contributed by atoms with Crippen LogP contribution in [0, 0.1) is 35.3 Å². The van der Waals surface area contributed by atoms with Gasteiger partial charge in [0.15, 0.2) is 0 Å². The van der Waals surface area contributed by atoms with E-state index in [2.05, 4.69) is 23.7 Å². The Morgan fingerprint density at radius 2 is 1.25 bits per heavy atom. The molecule has 2 aromatic rings. The molecule has 20 heavy (non-hydrogen) atoms. The van der Waals surface area contributed by atoms with E-state index in [4.69, 9.17) is 0 Å². The van der Waals surface area contributed by atoms with Gasteiger partial charge in [-0.25, -0.2) is 8.78 Å². The Morgan fingerprint density at radius 3 is 1.65 bits per heavy atom. The Bertz CT molecular complexity index is 705. The highest BCUT2D eigenvalue weighted by Crippen LogP contribution is 2.02. The van der Waals surface area contributed by atoms with E-state index in [1.165, 1.54) is 36.4 Å². The molecule has 2 aromatic carbocycles. The number of halogens is 2. The maximum absolute atomic E-state index is 12.9. The molecule has 0 bridgehead atoms. The molecule has 2 rings (SSSR count). The summed E-state index contributed by atoms with van der Waals surface area (Å²) in [5, 5.41) is 0. The number of benzene rings is 2. The zero-order valence-corrected chi connectivity index (χ0v) is 10.3. The summed E-state index contributed by atoms with van der Waals surface area (Å²) in [6.45, 7) is 0. The van der Waals surface area contributed by atoms with Crippen LogP contribution in [0.5, 0.6) is 0 Å². The van der Waals surface area contributed by atoms with Gasteiger partial charge in [-0.3, -0.25) is 4.79 Å². The van der Waals surface area contributed by atoms with E-state index in [-0.39, 0.29) is 0 Å². The summed E-state index contributed by atoms with van der Waals surface area (Å²) in [4.78, 5) is 11.4. The Morgan fingerprint density at radius 1 is 0.800 bits per heavy atom. The van der Waals surface area contributed by atoms with Crippen molar-refractivity contribution in [3.8, 4) is 23.7 Å². The molecule has 0 fully saturated rings. The predicted octanol–water partition coefficient (Wildman–Crippen LogP) is 2.94. The average Bonchev–Trinajstić information content (AvgIpc) is 2.43. The lowest BCUT2D eigenvalue weighted by molar-refractivity contribution is -0.108. The molecule has 0 saturated carbocycles. The van der Waals surface area contributed by atoms with Crippen molar-refractivity contribution in [2.24, 2.45) is 0 Å². The highest BCUT2D eigenvalue weighted by molar-refractivity contribution is 6.09. The molecule has 0 amide bonds. The molecular formula is C17H8F2O. The van der Waals surface area contributed by atoms with Gasteiger partial charge in [0.1, 0.15) is 11.6 Å². The lowest BCUT2D eigenvalue weighted by atomic mass is 10.2. The van der Waals surface area contributed by atoms with Gasteiger partial charge in [0.05, 0.1) is 0 Å². The first-order valence-electron chi connectivity index (χ1n) is 5.72. The van der Waals surface area contributed by atoms with Gasteiger partial charge in [-0.15, -0.1) is 0 Å². The Labute approximate surface area is 115 Å². The number of carbonyl (C=O) groups is 1. The molecule has 0 heterocycles. The fraction of sp³-hybridized carbons (Fsp3) is 0. The van der Waals surface area contributed by atoms with Crippen LogP contribution in [-0.4, -0.2) is 5.78 Å². The molecule has 3 heteroatoms. The van der Waals surface area contributed by atoms with E-state index in [0.717, 1.165) is 0 Å². The van der Waals surface area contributed by atoms with Crippen LogP contribution in [-0.2, 0) is 4.79 Å². The van der Waals surface area contributed by atoms with E-state index in [1.54, 1.807) is 12.1 Å². The zero-order valence-electron chi connectivity index (χ0n) is 10.3. The topological polar surface area (TPSA) is 17.1 Å². The van der Waals surface area contributed by atoms with Crippen molar-refractivity contribution in [1.29, 1.82) is 0 Å². The zero-order chi connectivity index (χ0) is 14.4. The minimum atomic E-state index is -0.612. The highest BCUT2D eigenvalue weighted by atomic mass is 19.1. The molecule has 0 aliphatic rings. The number of Topliss-reactive ketones (excluding diaryl/α,β-unsaturated/α-hetero) is 1. The molecule has 0 aliphatic heterocycles. The van der Waals surface area contributed by atoms with Gasteiger partial charge in [0, 0.05) is 11.1 Å². The molecule has 0 saturated heterocycles. The van der Waals surface area contributed by atoms with Gasteiger partial charge in [0.2, 0.25) is 0 Å². The van der Waals surface area contributed by atoms with Gasteiger partial charge in [-0.2, -0.15) is 0 Å². The quantitative estimate of drug-likeness (QED) is 0.670. The molecule has 0 aromatic heterocycles.